The number of hydrogen-bond donors (Lipinski definition) is 0. The summed E-state index contributed by atoms with van der Waals surface area (Å²) < 4.78 is 30.5. The Balaban J connectivity index is 2.68. The van der Waals surface area contributed by atoms with Crippen LogP contribution in [0, 0.1) is 0 Å². The minimum absolute atomic E-state index is 0.276. The third-order valence-corrected chi connectivity index (χ3v) is 4.30. The van der Waals surface area contributed by atoms with Gasteiger partial charge < -0.3 is 4.74 Å². The van der Waals surface area contributed by atoms with Gasteiger partial charge in [0.1, 0.15) is 5.75 Å². The Kier molecular flexibility index (Phi) is 4.36. The number of benzene rings is 1. The van der Waals surface area contributed by atoms with E-state index in [9.17, 15) is 8.42 Å². The summed E-state index contributed by atoms with van der Waals surface area (Å²) in [5.41, 5.74) is 0.636. The van der Waals surface area contributed by atoms with Gasteiger partial charge in [-0.3, -0.25) is 4.57 Å². The fourth-order valence-corrected chi connectivity index (χ4v) is 3.10. The second-order valence-electron chi connectivity index (χ2n) is 3.83. The van der Waals surface area contributed by atoms with Gasteiger partial charge in [-0.1, -0.05) is 15.9 Å². The lowest BCUT2D eigenvalue weighted by Gasteiger charge is -2.10. The van der Waals surface area contributed by atoms with Gasteiger partial charge in [0.05, 0.1) is 12.7 Å². The van der Waals surface area contributed by atoms with Crippen molar-refractivity contribution in [3.8, 4) is 17.1 Å². The first-order chi connectivity index (χ1) is 9.38. The van der Waals surface area contributed by atoms with Gasteiger partial charge in [0.2, 0.25) is 0 Å². The largest absolute Gasteiger partial charge is 0.496 e. The van der Waals surface area contributed by atoms with Crippen LogP contribution in [0.5, 0.6) is 5.75 Å². The molecule has 1 heterocycles. The first-order valence-electron chi connectivity index (χ1n) is 5.60. The van der Waals surface area contributed by atoms with Gasteiger partial charge in [0.15, 0.2) is 5.82 Å². The van der Waals surface area contributed by atoms with Crippen molar-refractivity contribution >= 4 is 35.7 Å². The summed E-state index contributed by atoms with van der Waals surface area (Å²) in [7, 11) is 2.93. The highest BCUT2D eigenvalue weighted by molar-refractivity contribution is 9.10. The first-order valence-corrected chi connectivity index (χ1v) is 8.70. The van der Waals surface area contributed by atoms with Crippen LogP contribution in [0.1, 0.15) is 6.92 Å². The van der Waals surface area contributed by atoms with Crippen LogP contribution in [0.4, 0.5) is 0 Å². The Morgan fingerprint density at radius 3 is 2.65 bits per heavy atom. The molecule has 0 unspecified atom stereocenters. The van der Waals surface area contributed by atoms with E-state index in [4.69, 9.17) is 15.4 Å². The third-order valence-electron chi connectivity index (χ3n) is 2.66. The average molecular weight is 381 g/mol. The Morgan fingerprint density at radius 1 is 1.40 bits per heavy atom. The molecule has 20 heavy (non-hydrogen) atoms. The molecule has 6 nitrogen and oxygen atoms in total. The number of ether oxygens (including phenoxy) is 1. The predicted molar refractivity (Wildman–Crippen MR) is 78.4 cm³/mol. The summed E-state index contributed by atoms with van der Waals surface area (Å²) >= 11 is 3.34. The highest BCUT2D eigenvalue weighted by Crippen LogP contribution is 2.32. The Hall–Kier alpha value is -1.12. The summed E-state index contributed by atoms with van der Waals surface area (Å²) in [4.78, 5) is 0. The molecule has 108 valence electrons. The molecule has 0 saturated carbocycles. The zero-order valence-electron chi connectivity index (χ0n) is 10.7. The van der Waals surface area contributed by atoms with Crippen LogP contribution in [0.3, 0.4) is 0 Å². The number of halogens is 2. The summed E-state index contributed by atoms with van der Waals surface area (Å²) in [5.74, 6) is 0.941. The van der Waals surface area contributed by atoms with E-state index in [-0.39, 0.29) is 5.16 Å². The monoisotopic (exact) mass is 379 g/mol. The minimum Gasteiger partial charge on any atom is -0.496 e. The van der Waals surface area contributed by atoms with Crippen LogP contribution >= 0.6 is 26.6 Å². The van der Waals surface area contributed by atoms with Crippen LogP contribution in [-0.4, -0.2) is 30.3 Å². The third kappa shape index (κ3) is 2.82. The SMILES string of the molecule is CCn1c(-c2ccc(Br)cc2OC)nnc1S(=O)(=O)Cl. The minimum atomic E-state index is -3.95. The van der Waals surface area contributed by atoms with Gasteiger partial charge in [0.25, 0.3) is 14.2 Å². The Bertz CT molecular complexity index is 745. The van der Waals surface area contributed by atoms with Crippen molar-refractivity contribution in [2.24, 2.45) is 0 Å². The molecular weight excluding hydrogens is 370 g/mol. The van der Waals surface area contributed by atoms with Gasteiger partial charge in [-0.15, -0.1) is 10.2 Å². The van der Waals surface area contributed by atoms with Crippen molar-refractivity contribution in [2.75, 3.05) is 7.11 Å². The highest BCUT2D eigenvalue weighted by atomic mass is 79.9. The molecule has 0 N–H and O–H groups in total. The van der Waals surface area contributed by atoms with Crippen molar-refractivity contribution in [1.82, 2.24) is 14.8 Å². The molecule has 2 rings (SSSR count). The number of nitrogens with zero attached hydrogens (tertiary/aromatic N) is 3. The summed E-state index contributed by atoms with van der Waals surface area (Å²) in [6, 6.07) is 5.34. The lowest BCUT2D eigenvalue weighted by Crippen LogP contribution is -2.06. The fraction of sp³-hybridized carbons (Fsp3) is 0.273. The molecule has 0 aliphatic rings. The summed E-state index contributed by atoms with van der Waals surface area (Å²) in [5, 5.41) is 7.30. The predicted octanol–water partition coefficient (Wildman–Crippen LogP) is 2.66. The molecule has 0 saturated heterocycles. The van der Waals surface area contributed by atoms with Crippen molar-refractivity contribution in [3.05, 3.63) is 22.7 Å². The number of aromatic nitrogens is 3. The number of methoxy groups -OCH3 is 1. The second-order valence-corrected chi connectivity index (χ2v) is 7.21. The zero-order valence-corrected chi connectivity index (χ0v) is 13.8. The molecule has 0 aliphatic heterocycles. The van der Waals surface area contributed by atoms with Gasteiger partial charge in [-0.05, 0) is 25.1 Å². The zero-order chi connectivity index (χ0) is 14.9. The second kappa shape index (κ2) is 5.71. The summed E-state index contributed by atoms with van der Waals surface area (Å²) in [6.07, 6.45) is 0. The van der Waals surface area contributed by atoms with Gasteiger partial charge in [-0.25, -0.2) is 8.42 Å². The fourth-order valence-electron chi connectivity index (χ4n) is 1.80. The van der Waals surface area contributed by atoms with Crippen molar-refractivity contribution in [3.63, 3.8) is 0 Å². The topological polar surface area (TPSA) is 74.1 Å². The van der Waals surface area contributed by atoms with E-state index in [0.29, 0.717) is 23.7 Å². The molecule has 2 aromatic rings. The van der Waals surface area contributed by atoms with Crippen LogP contribution in [0.25, 0.3) is 11.4 Å². The quantitative estimate of drug-likeness (QED) is 0.762. The Morgan fingerprint density at radius 2 is 2.10 bits per heavy atom. The molecule has 9 heteroatoms. The Labute approximate surface area is 129 Å². The highest BCUT2D eigenvalue weighted by Gasteiger charge is 2.23. The molecular formula is C11H11BrClN3O3S. The van der Waals surface area contributed by atoms with Crippen molar-refractivity contribution in [2.45, 2.75) is 18.6 Å². The van der Waals surface area contributed by atoms with Crippen LogP contribution in [0.2, 0.25) is 0 Å². The number of rotatable bonds is 4. The maximum atomic E-state index is 11.5. The van der Waals surface area contributed by atoms with Crippen LogP contribution in [0.15, 0.2) is 27.8 Å². The van der Waals surface area contributed by atoms with Gasteiger partial charge in [0, 0.05) is 21.7 Å². The van der Waals surface area contributed by atoms with Gasteiger partial charge >= 0.3 is 0 Å². The first kappa shape index (κ1) is 15.3. The molecule has 0 spiro atoms. The summed E-state index contributed by atoms with van der Waals surface area (Å²) in [6.45, 7) is 2.15. The maximum absolute atomic E-state index is 11.5. The maximum Gasteiger partial charge on any atom is 0.296 e. The van der Waals surface area contributed by atoms with E-state index in [1.807, 2.05) is 0 Å². The normalized spacial score (nSPS) is 11.6. The number of hydrogen-bond acceptors (Lipinski definition) is 5. The molecule has 0 aliphatic carbocycles. The van der Waals surface area contributed by atoms with E-state index in [0.717, 1.165) is 4.47 Å². The molecule has 0 fully saturated rings. The lowest BCUT2D eigenvalue weighted by molar-refractivity contribution is 0.415. The lowest BCUT2D eigenvalue weighted by atomic mass is 10.2. The van der Waals surface area contributed by atoms with Crippen LogP contribution in [-0.2, 0) is 15.6 Å². The molecule has 1 aromatic carbocycles. The van der Waals surface area contributed by atoms with E-state index in [1.54, 1.807) is 25.1 Å². The molecule has 0 bridgehead atoms. The molecule has 0 radical (unpaired) electrons. The van der Waals surface area contributed by atoms with E-state index < -0.39 is 9.05 Å². The molecule has 0 atom stereocenters. The smallest absolute Gasteiger partial charge is 0.296 e. The average Bonchev–Trinajstić information content (AvgIpc) is 2.82. The molecule has 1 aromatic heterocycles. The van der Waals surface area contributed by atoms with Crippen molar-refractivity contribution < 1.29 is 13.2 Å². The van der Waals surface area contributed by atoms with Crippen molar-refractivity contribution in [1.29, 1.82) is 0 Å². The van der Waals surface area contributed by atoms with E-state index in [2.05, 4.69) is 26.1 Å². The standard InChI is InChI=1S/C11H11BrClN3O3S/c1-3-16-10(14-15-11(16)20(13,17)18)8-5-4-7(12)6-9(8)19-2/h4-6H,3H2,1-2H3. The van der Waals surface area contributed by atoms with E-state index >= 15 is 0 Å². The van der Waals surface area contributed by atoms with Crippen LogP contribution < -0.4 is 4.74 Å². The van der Waals surface area contributed by atoms with E-state index in [1.165, 1.54) is 11.7 Å². The van der Waals surface area contributed by atoms with Gasteiger partial charge in [-0.2, -0.15) is 0 Å². The molecule has 0 amide bonds.